The summed E-state index contributed by atoms with van der Waals surface area (Å²) in [5.41, 5.74) is 0.0589. The topological polar surface area (TPSA) is 27.1 Å². The van der Waals surface area contributed by atoms with Crippen molar-refractivity contribution in [1.29, 1.82) is 0 Å². The van der Waals surface area contributed by atoms with E-state index < -0.39 is 11.9 Å². The molecule has 0 radical (unpaired) electrons. The van der Waals surface area contributed by atoms with Gasteiger partial charge in [-0.05, 0) is 18.2 Å². The maximum Gasteiger partial charge on any atom is 0.435 e. The molecule has 0 unspecified atom stereocenters. The SMILES string of the molecule is COc1cc2c(C(F)(F)F)nn(-c3ccccc3)c2c2ccccc12. The second-order valence-corrected chi connectivity index (χ2v) is 5.61. The van der Waals surface area contributed by atoms with Crippen LogP contribution in [0, 0.1) is 0 Å². The molecule has 0 fully saturated rings. The summed E-state index contributed by atoms with van der Waals surface area (Å²) in [6.07, 6.45) is -4.56. The molecule has 1 heterocycles. The van der Waals surface area contributed by atoms with Gasteiger partial charge in [-0.2, -0.15) is 18.3 Å². The molecular formula is C19H13F3N2O. The summed E-state index contributed by atoms with van der Waals surface area (Å²) in [4.78, 5) is 0. The van der Waals surface area contributed by atoms with Gasteiger partial charge >= 0.3 is 6.18 Å². The highest BCUT2D eigenvalue weighted by Gasteiger charge is 2.37. The van der Waals surface area contributed by atoms with Crippen molar-refractivity contribution in [2.24, 2.45) is 0 Å². The summed E-state index contributed by atoms with van der Waals surface area (Å²) in [5.74, 6) is 0.390. The summed E-state index contributed by atoms with van der Waals surface area (Å²) < 4.78 is 47.4. The van der Waals surface area contributed by atoms with Crippen LogP contribution in [0.5, 0.6) is 5.75 Å². The van der Waals surface area contributed by atoms with E-state index >= 15 is 0 Å². The zero-order valence-corrected chi connectivity index (χ0v) is 13.2. The number of ether oxygens (including phenoxy) is 1. The fourth-order valence-corrected chi connectivity index (χ4v) is 3.07. The van der Waals surface area contributed by atoms with Crippen LogP contribution in [0.1, 0.15) is 5.69 Å². The highest BCUT2D eigenvalue weighted by molar-refractivity contribution is 6.10. The van der Waals surface area contributed by atoms with Gasteiger partial charge in [0.05, 0.1) is 18.3 Å². The maximum absolute atomic E-state index is 13.6. The van der Waals surface area contributed by atoms with Crippen molar-refractivity contribution in [2.75, 3.05) is 7.11 Å². The van der Waals surface area contributed by atoms with E-state index in [4.69, 9.17) is 4.74 Å². The lowest BCUT2D eigenvalue weighted by Gasteiger charge is -2.09. The molecule has 6 heteroatoms. The van der Waals surface area contributed by atoms with Gasteiger partial charge < -0.3 is 4.74 Å². The Morgan fingerprint density at radius 3 is 2.16 bits per heavy atom. The van der Waals surface area contributed by atoms with E-state index in [2.05, 4.69) is 5.10 Å². The lowest BCUT2D eigenvalue weighted by molar-refractivity contribution is -0.140. The first-order valence-corrected chi connectivity index (χ1v) is 7.62. The third-order valence-corrected chi connectivity index (χ3v) is 4.13. The third-order valence-electron chi connectivity index (χ3n) is 4.13. The van der Waals surface area contributed by atoms with E-state index in [-0.39, 0.29) is 5.39 Å². The largest absolute Gasteiger partial charge is 0.496 e. The van der Waals surface area contributed by atoms with Gasteiger partial charge in [0.25, 0.3) is 0 Å². The predicted octanol–water partition coefficient (Wildman–Crippen LogP) is 5.21. The molecule has 0 atom stereocenters. The third kappa shape index (κ3) is 2.41. The molecule has 126 valence electrons. The van der Waals surface area contributed by atoms with Gasteiger partial charge in [-0.25, -0.2) is 4.68 Å². The average molecular weight is 342 g/mol. The van der Waals surface area contributed by atoms with Crippen LogP contribution >= 0.6 is 0 Å². The molecule has 0 amide bonds. The van der Waals surface area contributed by atoms with Crippen LogP contribution in [-0.4, -0.2) is 16.9 Å². The molecule has 4 rings (SSSR count). The van der Waals surface area contributed by atoms with Gasteiger partial charge in [-0.1, -0.05) is 42.5 Å². The fraction of sp³-hybridized carbons (Fsp3) is 0.105. The molecule has 4 aromatic rings. The lowest BCUT2D eigenvalue weighted by Crippen LogP contribution is -2.07. The summed E-state index contributed by atoms with van der Waals surface area (Å²) in [7, 11) is 1.45. The number of fused-ring (bicyclic) bond motifs is 3. The molecule has 0 spiro atoms. The Bertz CT molecular complexity index is 1070. The number of nitrogens with zero attached hydrogens (tertiary/aromatic N) is 2. The number of methoxy groups -OCH3 is 1. The minimum absolute atomic E-state index is 0.0203. The monoisotopic (exact) mass is 342 g/mol. The molecule has 25 heavy (non-hydrogen) atoms. The Morgan fingerprint density at radius 2 is 1.52 bits per heavy atom. The molecule has 0 N–H and O–H groups in total. The number of benzene rings is 3. The molecule has 0 aliphatic heterocycles. The molecule has 0 aliphatic carbocycles. The Balaban J connectivity index is 2.22. The standard InChI is InChI=1S/C19H13F3N2O/c1-25-16-11-15-17(14-10-6-5-9-13(14)16)24(12-7-3-2-4-8-12)23-18(15)19(20,21)22/h2-11H,1H3. The average Bonchev–Trinajstić information content (AvgIpc) is 3.02. The highest BCUT2D eigenvalue weighted by Crippen LogP contribution is 2.41. The van der Waals surface area contributed by atoms with E-state index in [1.165, 1.54) is 17.9 Å². The molecule has 0 bridgehead atoms. The van der Waals surface area contributed by atoms with Crippen LogP contribution in [0.25, 0.3) is 27.4 Å². The van der Waals surface area contributed by atoms with E-state index in [9.17, 15) is 13.2 Å². The second kappa shape index (κ2) is 5.51. The molecule has 0 saturated carbocycles. The molecule has 3 aromatic carbocycles. The first-order chi connectivity index (χ1) is 12.0. The van der Waals surface area contributed by atoms with Crippen LogP contribution in [-0.2, 0) is 6.18 Å². The second-order valence-electron chi connectivity index (χ2n) is 5.61. The van der Waals surface area contributed by atoms with Crippen molar-refractivity contribution < 1.29 is 17.9 Å². The smallest absolute Gasteiger partial charge is 0.435 e. The number of rotatable bonds is 2. The van der Waals surface area contributed by atoms with Crippen molar-refractivity contribution in [3.63, 3.8) is 0 Å². The molecule has 0 aliphatic rings. The van der Waals surface area contributed by atoms with Gasteiger partial charge in [0.15, 0.2) is 5.69 Å². The summed E-state index contributed by atoms with van der Waals surface area (Å²) in [6.45, 7) is 0. The van der Waals surface area contributed by atoms with Crippen LogP contribution in [0.3, 0.4) is 0 Å². The number of hydrogen-bond acceptors (Lipinski definition) is 2. The van der Waals surface area contributed by atoms with Crippen LogP contribution in [0.4, 0.5) is 13.2 Å². The van der Waals surface area contributed by atoms with E-state index in [1.807, 2.05) is 12.1 Å². The van der Waals surface area contributed by atoms with Crippen molar-refractivity contribution >= 4 is 21.7 Å². The number of aromatic nitrogens is 2. The summed E-state index contributed by atoms with van der Waals surface area (Å²) in [5, 5.41) is 5.31. The Kier molecular flexibility index (Phi) is 3.42. The van der Waals surface area contributed by atoms with Crippen LogP contribution in [0.15, 0.2) is 60.7 Å². The summed E-state index contributed by atoms with van der Waals surface area (Å²) >= 11 is 0. The minimum atomic E-state index is -4.56. The Hall–Kier alpha value is -3.02. The quantitative estimate of drug-likeness (QED) is 0.500. The van der Waals surface area contributed by atoms with Gasteiger partial charge in [0, 0.05) is 16.2 Å². The summed E-state index contributed by atoms with van der Waals surface area (Å²) in [6, 6.07) is 17.4. The zero-order chi connectivity index (χ0) is 17.6. The normalized spacial score (nSPS) is 12.0. The van der Waals surface area contributed by atoms with Gasteiger partial charge in [0.2, 0.25) is 0 Å². The van der Waals surface area contributed by atoms with Crippen molar-refractivity contribution in [1.82, 2.24) is 9.78 Å². The number of hydrogen-bond donors (Lipinski definition) is 0. The van der Waals surface area contributed by atoms with Crippen LogP contribution in [0.2, 0.25) is 0 Å². The first-order valence-electron chi connectivity index (χ1n) is 7.62. The predicted molar refractivity (Wildman–Crippen MR) is 90.1 cm³/mol. The number of alkyl halides is 3. The number of halogens is 3. The zero-order valence-electron chi connectivity index (χ0n) is 13.2. The molecular weight excluding hydrogens is 329 g/mol. The molecule has 1 aromatic heterocycles. The van der Waals surface area contributed by atoms with Gasteiger partial charge in [0.1, 0.15) is 5.75 Å². The van der Waals surface area contributed by atoms with Crippen molar-refractivity contribution in [2.45, 2.75) is 6.18 Å². The maximum atomic E-state index is 13.6. The lowest BCUT2D eigenvalue weighted by atomic mass is 10.0. The minimum Gasteiger partial charge on any atom is -0.496 e. The fourth-order valence-electron chi connectivity index (χ4n) is 3.07. The Labute approximate surface area is 141 Å². The van der Waals surface area contributed by atoms with E-state index in [1.54, 1.807) is 42.5 Å². The molecule has 3 nitrogen and oxygen atoms in total. The van der Waals surface area contributed by atoms with Gasteiger partial charge in [-0.15, -0.1) is 0 Å². The Morgan fingerprint density at radius 1 is 0.880 bits per heavy atom. The number of para-hydroxylation sites is 1. The van der Waals surface area contributed by atoms with Gasteiger partial charge in [-0.3, -0.25) is 0 Å². The highest BCUT2D eigenvalue weighted by atomic mass is 19.4. The van der Waals surface area contributed by atoms with E-state index in [0.29, 0.717) is 22.3 Å². The first kappa shape index (κ1) is 15.5. The van der Waals surface area contributed by atoms with Crippen molar-refractivity contribution in [3.05, 3.63) is 66.4 Å². The van der Waals surface area contributed by atoms with E-state index in [0.717, 1.165) is 5.39 Å². The van der Waals surface area contributed by atoms with Crippen LogP contribution < -0.4 is 4.74 Å². The van der Waals surface area contributed by atoms with Crippen molar-refractivity contribution in [3.8, 4) is 11.4 Å². The molecule has 0 saturated heterocycles.